The van der Waals surface area contributed by atoms with Crippen LogP contribution in [-0.2, 0) is 9.53 Å². The minimum atomic E-state index is -0.367. The summed E-state index contributed by atoms with van der Waals surface area (Å²) in [6.07, 6.45) is 2.01. The van der Waals surface area contributed by atoms with Crippen molar-refractivity contribution in [2.75, 3.05) is 27.2 Å². The molecule has 0 aromatic heterocycles. The van der Waals surface area contributed by atoms with Gasteiger partial charge in [0.25, 0.3) is 0 Å². The molecule has 2 amide bonds. The van der Waals surface area contributed by atoms with Gasteiger partial charge >= 0.3 is 12.0 Å². The molecule has 1 atom stereocenters. The smallest absolute Gasteiger partial charge is 0.325 e. The van der Waals surface area contributed by atoms with E-state index in [-0.39, 0.29) is 24.6 Å². The number of hydrogen-bond donors (Lipinski definition) is 0. The van der Waals surface area contributed by atoms with Crippen LogP contribution in [0.3, 0.4) is 0 Å². The van der Waals surface area contributed by atoms with E-state index in [1.54, 1.807) is 11.9 Å². The van der Waals surface area contributed by atoms with Crippen molar-refractivity contribution in [1.29, 1.82) is 0 Å². The van der Waals surface area contributed by atoms with Gasteiger partial charge in [0.05, 0.1) is 13.2 Å². The number of nitrogens with zero attached hydrogens (tertiary/aromatic N) is 2. The van der Waals surface area contributed by atoms with Gasteiger partial charge in [0, 0.05) is 13.6 Å². The fourth-order valence-corrected chi connectivity index (χ4v) is 1.80. The maximum Gasteiger partial charge on any atom is 0.325 e. The largest absolute Gasteiger partial charge is 0.468 e. The minimum Gasteiger partial charge on any atom is -0.468 e. The van der Waals surface area contributed by atoms with Gasteiger partial charge in [-0.2, -0.15) is 0 Å². The van der Waals surface area contributed by atoms with Gasteiger partial charge in [-0.1, -0.05) is 13.3 Å². The predicted octanol–water partition coefficient (Wildman–Crippen LogP) is 0.696. The number of likely N-dealkylation sites (N-methyl/N-ethyl adjacent to an activating group) is 1. The summed E-state index contributed by atoms with van der Waals surface area (Å²) in [5.41, 5.74) is 0. The summed E-state index contributed by atoms with van der Waals surface area (Å²) in [5, 5.41) is 0. The quantitative estimate of drug-likeness (QED) is 0.647. The molecule has 0 bridgehead atoms. The van der Waals surface area contributed by atoms with Crippen LogP contribution in [0.2, 0.25) is 0 Å². The summed E-state index contributed by atoms with van der Waals surface area (Å²) in [7, 11) is 3.11. The van der Waals surface area contributed by atoms with E-state index < -0.39 is 0 Å². The van der Waals surface area contributed by atoms with Gasteiger partial charge in [0.1, 0.15) is 6.54 Å². The Morgan fingerprint density at radius 3 is 2.80 bits per heavy atom. The Labute approximate surface area is 90.0 Å². The van der Waals surface area contributed by atoms with Crippen LogP contribution in [0.15, 0.2) is 0 Å². The van der Waals surface area contributed by atoms with Gasteiger partial charge in [-0.15, -0.1) is 0 Å². The lowest BCUT2D eigenvalue weighted by atomic mass is 10.1. The lowest BCUT2D eigenvalue weighted by Gasteiger charge is -2.16. The molecule has 1 saturated heterocycles. The molecule has 0 aliphatic carbocycles. The number of methoxy groups -OCH3 is 1. The first kappa shape index (κ1) is 11.8. The van der Waals surface area contributed by atoms with Gasteiger partial charge in [0.15, 0.2) is 0 Å². The van der Waals surface area contributed by atoms with E-state index in [2.05, 4.69) is 11.7 Å². The van der Waals surface area contributed by atoms with Crippen LogP contribution >= 0.6 is 0 Å². The molecule has 5 heteroatoms. The van der Waals surface area contributed by atoms with Crippen LogP contribution < -0.4 is 0 Å². The molecule has 1 heterocycles. The van der Waals surface area contributed by atoms with E-state index in [1.807, 2.05) is 0 Å². The predicted molar refractivity (Wildman–Crippen MR) is 55.4 cm³/mol. The topological polar surface area (TPSA) is 49.9 Å². The van der Waals surface area contributed by atoms with E-state index in [0.717, 1.165) is 12.8 Å². The SMILES string of the molecule is CCCC1CN(CC(=O)OC)C(=O)N1C. The Morgan fingerprint density at radius 2 is 2.27 bits per heavy atom. The fraction of sp³-hybridized carbons (Fsp3) is 0.800. The number of hydrogen-bond acceptors (Lipinski definition) is 3. The minimum absolute atomic E-state index is 0.0554. The highest BCUT2D eigenvalue weighted by molar-refractivity contribution is 5.82. The number of amides is 2. The molecule has 0 saturated carbocycles. The summed E-state index contributed by atoms with van der Waals surface area (Å²) in [6.45, 7) is 2.76. The third-order valence-electron chi connectivity index (χ3n) is 2.72. The molecule has 1 fully saturated rings. The zero-order valence-corrected chi connectivity index (χ0v) is 9.52. The second-order valence-corrected chi connectivity index (χ2v) is 3.79. The number of carbonyl (C=O) groups excluding carboxylic acids is 2. The highest BCUT2D eigenvalue weighted by Gasteiger charge is 2.34. The summed E-state index contributed by atoms with van der Waals surface area (Å²) >= 11 is 0. The number of carbonyl (C=O) groups is 2. The van der Waals surface area contributed by atoms with Crippen molar-refractivity contribution in [3.8, 4) is 0 Å². The molecule has 86 valence electrons. The molecule has 1 unspecified atom stereocenters. The average molecular weight is 214 g/mol. The molecule has 0 aromatic carbocycles. The normalized spacial score (nSPS) is 21.0. The molecular weight excluding hydrogens is 196 g/mol. The molecule has 0 radical (unpaired) electrons. The zero-order valence-electron chi connectivity index (χ0n) is 9.52. The molecule has 1 aliphatic heterocycles. The molecule has 5 nitrogen and oxygen atoms in total. The Kier molecular flexibility index (Phi) is 3.94. The summed E-state index contributed by atoms with van der Waals surface area (Å²) in [5.74, 6) is -0.367. The van der Waals surface area contributed by atoms with Crippen molar-refractivity contribution in [2.24, 2.45) is 0 Å². The van der Waals surface area contributed by atoms with E-state index in [9.17, 15) is 9.59 Å². The van der Waals surface area contributed by atoms with Gasteiger partial charge in [-0.25, -0.2) is 4.79 Å². The molecular formula is C10H18N2O3. The van der Waals surface area contributed by atoms with Crippen LogP contribution in [0.1, 0.15) is 19.8 Å². The molecule has 1 aliphatic rings. The number of urea groups is 1. The van der Waals surface area contributed by atoms with Crippen LogP contribution in [0.25, 0.3) is 0 Å². The standard InChI is InChI=1S/C10H18N2O3/c1-4-5-8-6-12(7-9(13)15-3)10(14)11(8)2/h8H,4-7H2,1-3H3. The second-order valence-electron chi connectivity index (χ2n) is 3.79. The molecule has 0 N–H and O–H groups in total. The third-order valence-corrected chi connectivity index (χ3v) is 2.72. The first-order chi connectivity index (χ1) is 7.10. The summed E-state index contributed by atoms with van der Waals surface area (Å²) < 4.78 is 4.54. The van der Waals surface area contributed by atoms with Gasteiger partial charge in [0.2, 0.25) is 0 Å². The molecule has 0 aromatic rings. The second kappa shape index (κ2) is 5.00. The van der Waals surface area contributed by atoms with Crippen molar-refractivity contribution < 1.29 is 14.3 Å². The molecule has 1 rings (SSSR count). The maximum absolute atomic E-state index is 11.7. The molecule has 15 heavy (non-hydrogen) atoms. The third kappa shape index (κ3) is 2.61. The lowest BCUT2D eigenvalue weighted by Crippen LogP contribution is -2.34. The number of rotatable bonds is 4. The Balaban J connectivity index is 2.55. The highest BCUT2D eigenvalue weighted by Crippen LogP contribution is 2.17. The van der Waals surface area contributed by atoms with Crippen molar-refractivity contribution in [3.05, 3.63) is 0 Å². The zero-order chi connectivity index (χ0) is 11.4. The Bertz CT molecular complexity index is 255. The van der Waals surface area contributed by atoms with E-state index in [4.69, 9.17) is 0 Å². The van der Waals surface area contributed by atoms with E-state index in [0.29, 0.717) is 6.54 Å². The maximum atomic E-state index is 11.7. The van der Waals surface area contributed by atoms with Gasteiger partial charge < -0.3 is 14.5 Å². The van der Waals surface area contributed by atoms with Crippen LogP contribution in [-0.4, -0.2) is 55.1 Å². The van der Waals surface area contributed by atoms with Crippen molar-refractivity contribution >= 4 is 12.0 Å². The summed E-state index contributed by atoms with van der Waals surface area (Å²) in [4.78, 5) is 26.0. The van der Waals surface area contributed by atoms with Crippen molar-refractivity contribution in [2.45, 2.75) is 25.8 Å². The van der Waals surface area contributed by atoms with Crippen molar-refractivity contribution in [3.63, 3.8) is 0 Å². The number of ether oxygens (including phenoxy) is 1. The van der Waals surface area contributed by atoms with E-state index in [1.165, 1.54) is 12.0 Å². The van der Waals surface area contributed by atoms with Crippen molar-refractivity contribution in [1.82, 2.24) is 9.80 Å². The Hall–Kier alpha value is -1.26. The van der Waals surface area contributed by atoms with Gasteiger partial charge in [-0.3, -0.25) is 4.79 Å². The van der Waals surface area contributed by atoms with Crippen LogP contribution in [0.5, 0.6) is 0 Å². The highest BCUT2D eigenvalue weighted by atomic mass is 16.5. The first-order valence-electron chi connectivity index (χ1n) is 5.18. The van der Waals surface area contributed by atoms with Gasteiger partial charge in [-0.05, 0) is 6.42 Å². The average Bonchev–Trinajstić information content (AvgIpc) is 2.47. The van der Waals surface area contributed by atoms with Crippen LogP contribution in [0.4, 0.5) is 4.79 Å². The van der Waals surface area contributed by atoms with Crippen LogP contribution in [0, 0.1) is 0 Å². The lowest BCUT2D eigenvalue weighted by molar-refractivity contribution is -0.141. The Morgan fingerprint density at radius 1 is 1.60 bits per heavy atom. The van der Waals surface area contributed by atoms with E-state index >= 15 is 0 Å². The monoisotopic (exact) mass is 214 g/mol. The molecule has 0 spiro atoms. The first-order valence-corrected chi connectivity index (χ1v) is 5.18. The summed E-state index contributed by atoms with van der Waals surface area (Å²) in [6, 6.07) is 0.144. The number of esters is 1. The fourth-order valence-electron chi connectivity index (χ4n) is 1.80.